The van der Waals surface area contributed by atoms with Crippen LogP contribution in [0.5, 0.6) is 5.75 Å². The van der Waals surface area contributed by atoms with Gasteiger partial charge >= 0.3 is 0 Å². The van der Waals surface area contributed by atoms with Crippen molar-refractivity contribution in [1.82, 2.24) is 19.9 Å². The van der Waals surface area contributed by atoms with Crippen LogP contribution in [0.2, 0.25) is 0 Å². The highest BCUT2D eigenvalue weighted by atomic mass is 16.5. The first-order valence-corrected chi connectivity index (χ1v) is 10.3. The maximum atomic E-state index is 12.7. The Morgan fingerprint density at radius 3 is 2.45 bits per heavy atom. The smallest absolute Gasteiger partial charge is 0.256 e. The summed E-state index contributed by atoms with van der Waals surface area (Å²) in [5, 5.41) is 3.96. The Labute approximate surface area is 180 Å². The molecule has 0 atom stereocenters. The molecule has 4 rings (SSSR count). The van der Waals surface area contributed by atoms with Crippen LogP contribution in [-0.2, 0) is 6.42 Å². The fourth-order valence-electron chi connectivity index (χ4n) is 3.50. The van der Waals surface area contributed by atoms with Crippen molar-refractivity contribution in [2.75, 3.05) is 11.9 Å². The molecule has 0 saturated carbocycles. The first-order valence-electron chi connectivity index (χ1n) is 10.3. The summed E-state index contributed by atoms with van der Waals surface area (Å²) >= 11 is 0. The molecule has 2 heterocycles. The van der Waals surface area contributed by atoms with Crippen molar-refractivity contribution in [3.63, 3.8) is 0 Å². The number of hydrogen-bond acceptors (Lipinski definition) is 6. The molecule has 0 spiro atoms. The van der Waals surface area contributed by atoms with Gasteiger partial charge in [-0.05, 0) is 39.3 Å². The van der Waals surface area contributed by atoms with E-state index in [0.29, 0.717) is 41.9 Å². The lowest BCUT2D eigenvalue weighted by molar-refractivity contribution is 0.343. The Balaban J connectivity index is 1.65. The topological polar surface area (TPSA) is 92.8 Å². The molecule has 7 nitrogen and oxygen atoms in total. The van der Waals surface area contributed by atoms with Gasteiger partial charge in [0.25, 0.3) is 5.56 Å². The van der Waals surface area contributed by atoms with E-state index in [4.69, 9.17) is 4.74 Å². The molecule has 31 heavy (non-hydrogen) atoms. The number of anilines is 2. The average Bonchev–Trinajstić information content (AvgIpc) is 2.73. The summed E-state index contributed by atoms with van der Waals surface area (Å²) in [6, 6.07) is 13.9. The Kier molecular flexibility index (Phi) is 5.66. The lowest BCUT2D eigenvalue weighted by Crippen LogP contribution is -2.19. The minimum absolute atomic E-state index is 0.178. The third kappa shape index (κ3) is 4.40. The first-order chi connectivity index (χ1) is 14.9. The van der Waals surface area contributed by atoms with Gasteiger partial charge in [0.2, 0.25) is 11.9 Å². The van der Waals surface area contributed by atoms with Crippen LogP contribution in [0.4, 0.5) is 11.9 Å². The minimum atomic E-state index is -0.178. The first kappa shape index (κ1) is 20.5. The molecule has 0 radical (unpaired) electrons. The summed E-state index contributed by atoms with van der Waals surface area (Å²) in [5.74, 6) is 1.36. The van der Waals surface area contributed by atoms with Crippen LogP contribution in [0.15, 0.2) is 47.3 Å². The van der Waals surface area contributed by atoms with E-state index < -0.39 is 0 Å². The van der Waals surface area contributed by atoms with Gasteiger partial charge in [-0.3, -0.25) is 15.1 Å². The zero-order chi connectivity index (χ0) is 22.0. The highest BCUT2D eigenvalue weighted by Crippen LogP contribution is 2.27. The van der Waals surface area contributed by atoms with E-state index in [1.165, 1.54) is 5.56 Å². The molecule has 0 saturated heterocycles. The number of H-pyrrole nitrogens is 1. The molecule has 2 N–H and O–H groups in total. The maximum Gasteiger partial charge on any atom is 0.256 e. The lowest BCUT2D eigenvalue weighted by Gasteiger charge is -2.12. The number of nitrogens with one attached hydrogen (secondary N) is 2. The number of fused-ring (bicyclic) bond motifs is 1. The Bertz CT molecular complexity index is 1300. The number of nitrogens with zero attached hydrogens (tertiary/aromatic N) is 3. The van der Waals surface area contributed by atoms with E-state index in [1.807, 2.05) is 70.2 Å². The van der Waals surface area contributed by atoms with E-state index in [-0.39, 0.29) is 5.56 Å². The van der Waals surface area contributed by atoms with E-state index in [0.717, 1.165) is 22.2 Å². The third-order valence-corrected chi connectivity index (χ3v) is 5.13. The van der Waals surface area contributed by atoms with Gasteiger partial charge in [0.05, 0.1) is 18.0 Å². The highest BCUT2D eigenvalue weighted by Gasteiger charge is 2.13. The molecule has 158 valence electrons. The molecule has 7 heteroatoms. The summed E-state index contributed by atoms with van der Waals surface area (Å²) < 4.78 is 5.71. The van der Waals surface area contributed by atoms with Crippen LogP contribution in [0.1, 0.15) is 35.0 Å². The van der Waals surface area contributed by atoms with Crippen molar-refractivity contribution in [3.8, 4) is 5.75 Å². The number of rotatable bonds is 6. The molecule has 2 aromatic heterocycles. The molecular formula is C24H25N5O2. The van der Waals surface area contributed by atoms with Crippen LogP contribution in [0, 0.1) is 20.8 Å². The molecule has 0 unspecified atom stereocenters. The van der Waals surface area contributed by atoms with E-state index in [1.54, 1.807) is 0 Å². The van der Waals surface area contributed by atoms with Gasteiger partial charge in [-0.25, -0.2) is 15.0 Å². The van der Waals surface area contributed by atoms with Gasteiger partial charge in [-0.2, -0.15) is 0 Å². The largest absolute Gasteiger partial charge is 0.492 e. The fourth-order valence-corrected chi connectivity index (χ4v) is 3.50. The Morgan fingerprint density at radius 1 is 0.968 bits per heavy atom. The number of hydrogen-bond donors (Lipinski definition) is 2. The zero-order valence-electron chi connectivity index (χ0n) is 18.1. The predicted octanol–water partition coefficient (Wildman–Crippen LogP) is 4.37. The molecule has 4 aromatic rings. The van der Waals surface area contributed by atoms with Crippen LogP contribution in [-0.4, -0.2) is 26.5 Å². The van der Waals surface area contributed by atoms with Crippen molar-refractivity contribution in [1.29, 1.82) is 0 Å². The van der Waals surface area contributed by atoms with Gasteiger partial charge in [-0.15, -0.1) is 0 Å². The summed E-state index contributed by atoms with van der Waals surface area (Å²) in [6.45, 7) is 8.27. The van der Waals surface area contributed by atoms with Gasteiger partial charge in [0, 0.05) is 17.4 Å². The van der Waals surface area contributed by atoms with E-state index >= 15 is 0 Å². The van der Waals surface area contributed by atoms with Crippen molar-refractivity contribution in [2.24, 2.45) is 0 Å². The number of benzene rings is 2. The maximum absolute atomic E-state index is 12.7. The summed E-state index contributed by atoms with van der Waals surface area (Å²) in [7, 11) is 0. The van der Waals surface area contributed by atoms with Crippen LogP contribution < -0.4 is 15.6 Å². The third-order valence-electron chi connectivity index (χ3n) is 5.13. The number of ether oxygens (including phenoxy) is 1. The van der Waals surface area contributed by atoms with Crippen LogP contribution in [0.25, 0.3) is 10.9 Å². The second-order valence-corrected chi connectivity index (χ2v) is 7.48. The Hall–Kier alpha value is -3.74. The quantitative estimate of drug-likeness (QED) is 0.486. The summed E-state index contributed by atoms with van der Waals surface area (Å²) in [6.07, 6.45) is 0.526. The second kappa shape index (κ2) is 8.55. The minimum Gasteiger partial charge on any atom is -0.492 e. The monoisotopic (exact) mass is 415 g/mol. The number of aromatic amines is 1. The van der Waals surface area contributed by atoms with Gasteiger partial charge in [-0.1, -0.05) is 42.0 Å². The van der Waals surface area contributed by atoms with Crippen LogP contribution >= 0.6 is 0 Å². The molecule has 0 aliphatic heterocycles. The van der Waals surface area contributed by atoms with Crippen molar-refractivity contribution < 1.29 is 4.74 Å². The number of aryl methyl sites for hydroxylation is 3. The second-order valence-electron chi connectivity index (χ2n) is 7.48. The molecular weight excluding hydrogens is 390 g/mol. The van der Waals surface area contributed by atoms with E-state index in [9.17, 15) is 4.79 Å². The SMILES string of the molecule is CCOc1cccc2c(C)nc(Nc3nc(C)c(Cc4ccc(C)cc4)c(=O)[nH]3)nc12. The van der Waals surface area contributed by atoms with Crippen molar-refractivity contribution in [2.45, 2.75) is 34.1 Å². The van der Waals surface area contributed by atoms with Crippen LogP contribution in [0.3, 0.4) is 0 Å². The van der Waals surface area contributed by atoms with E-state index in [2.05, 4.69) is 25.3 Å². The lowest BCUT2D eigenvalue weighted by atomic mass is 10.0. The molecule has 0 amide bonds. The molecule has 2 aromatic carbocycles. The highest BCUT2D eigenvalue weighted by molar-refractivity contribution is 5.87. The average molecular weight is 415 g/mol. The molecule has 0 aliphatic rings. The zero-order valence-corrected chi connectivity index (χ0v) is 18.1. The molecule has 0 bridgehead atoms. The van der Waals surface area contributed by atoms with Gasteiger partial charge < -0.3 is 4.74 Å². The normalized spacial score (nSPS) is 11.0. The predicted molar refractivity (Wildman–Crippen MR) is 122 cm³/mol. The Morgan fingerprint density at radius 2 is 1.74 bits per heavy atom. The number of para-hydroxylation sites is 1. The van der Waals surface area contributed by atoms with Crippen molar-refractivity contribution in [3.05, 3.63) is 80.9 Å². The fraction of sp³-hybridized carbons (Fsp3) is 0.250. The van der Waals surface area contributed by atoms with Gasteiger partial charge in [0.15, 0.2) is 0 Å². The summed E-state index contributed by atoms with van der Waals surface area (Å²) in [5.41, 5.74) is 4.91. The van der Waals surface area contributed by atoms with Gasteiger partial charge in [0.1, 0.15) is 11.3 Å². The molecule has 0 aliphatic carbocycles. The summed E-state index contributed by atoms with van der Waals surface area (Å²) in [4.78, 5) is 29.2. The number of aromatic nitrogens is 4. The van der Waals surface area contributed by atoms with Crippen molar-refractivity contribution >= 4 is 22.8 Å². The standard InChI is InChI=1S/C24H25N5O2/c1-5-31-20-8-6-7-18-15(3)25-23(27-21(18)20)29-24-26-16(4)19(22(30)28-24)13-17-11-9-14(2)10-12-17/h6-12H,5,13H2,1-4H3,(H2,25,26,27,28,29,30). The molecule has 0 fully saturated rings.